The number of nitrogens with one attached hydrogen (secondary N) is 1. The fourth-order valence-electron chi connectivity index (χ4n) is 3.40. The maximum absolute atomic E-state index is 12.5. The molecule has 1 atom stereocenters. The van der Waals surface area contributed by atoms with Crippen LogP contribution < -0.4 is 15.8 Å². The van der Waals surface area contributed by atoms with Crippen molar-refractivity contribution in [2.75, 3.05) is 26.9 Å². The van der Waals surface area contributed by atoms with Crippen LogP contribution in [-0.2, 0) is 26.4 Å². The highest BCUT2D eigenvalue weighted by atomic mass is 35.5. The van der Waals surface area contributed by atoms with Gasteiger partial charge < -0.3 is 25.3 Å². The first kappa shape index (κ1) is 23.2. The Morgan fingerprint density at radius 1 is 1.14 bits per heavy atom. The van der Waals surface area contributed by atoms with Crippen molar-refractivity contribution in [3.63, 3.8) is 0 Å². The van der Waals surface area contributed by atoms with Crippen LogP contribution in [0, 0.1) is 0 Å². The van der Waals surface area contributed by atoms with Crippen molar-refractivity contribution in [1.29, 1.82) is 0 Å². The second kappa shape index (κ2) is 11.2. The van der Waals surface area contributed by atoms with E-state index in [2.05, 4.69) is 5.32 Å². The minimum Gasteiger partial charge on any atom is -0.489 e. The lowest BCUT2D eigenvalue weighted by Gasteiger charge is -2.39. The molecule has 29 heavy (non-hydrogen) atoms. The number of carbonyl (C=O) groups excluding carboxylic acids is 1. The molecule has 0 spiro atoms. The minimum absolute atomic E-state index is 0. The normalized spacial score (nSPS) is 16.3. The van der Waals surface area contributed by atoms with Gasteiger partial charge in [-0.05, 0) is 36.1 Å². The Labute approximate surface area is 178 Å². The average Bonchev–Trinajstić information content (AvgIpc) is 2.74. The molecule has 1 amide bonds. The summed E-state index contributed by atoms with van der Waals surface area (Å²) < 4.78 is 16.4. The van der Waals surface area contributed by atoms with Crippen LogP contribution >= 0.6 is 12.4 Å². The van der Waals surface area contributed by atoms with Crippen LogP contribution in [0.4, 0.5) is 0 Å². The van der Waals surface area contributed by atoms with E-state index in [0.29, 0.717) is 32.7 Å². The predicted octanol–water partition coefficient (Wildman–Crippen LogP) is 2.78. The van der Waals surface area contributed by atoms with Gasteiger partial charge in [0, 0.05) is 20.3 Å². The minimum atomic E-state index is -0.696. The van der Waals surface area contributed by atoms with Crippen LogP contribution in [0.5, 0.6) is 5.75 Å². The fraction of sp³-hybridized carbons (Fsp3) is 0.409. The second-order valence-electron chi connectivity index (χ2n) is 7.04. The number of benzene rings is 2. The summed E-state index contributed by atoms with van der Waals surface area (Å²) in [6.45, 7) is 1.88. The van der Waals surface area contributed by atoms with E-state index in [9.17, 15) is 4.79 Å². The van der Waals surface area contributed by atoms with E-state index in [-0.39, 0.29) is 24.9 Å². The van der Waals surface area contributed by atoms with Gasteiger partial charge in [-0.3, -0.25) is 4.79 Å². The van der Waals surface area contributed by atoms with Crippen molar-refractivity contribution in [3.05, 3.63) is 65.7 Å². The number of rotatable bonds is 8. The van der Waals surface area contributed by atoms with Crippen molar-refractivity contribution in [2.24, 2.45) is 5.73 Å². The van der Waals surface area contributed by atoms with Gasteiger partial charge in [-0.2, -0.15) is 0 Å². The van der Waals surface area contributed by atoms with Crippen molar-refractivity contribution >= 4 is 18.3 Å². The summed E-state index contributed by atoms with van der Waals surface area (Å²) in [5.74, 6) is 0.574. The number of hydrogen-bond donors (Lipinski definition) is 2. The van der Waals surface area contributed by atoms with Gasteiger partial charge in [0.25, 0.3) is 0 Å². The van der Waals surface area contributed by atoms with Gasteiger partial charge in [0.15, 0.2) is 0 Å². The number of carbonyl (C=O) groups is 1. The molecule has 0 radical (unpaired) electrons. The fourth-order valence-corrected chi connectivity index (χ4v) is 3.40. The van der Waals surface area contributed by atoms with Crippen molar-refractivity contribution in [2.45, 2.75) is 31.0 Å². The monoisotopic (exact) mass is 420 g/mol. The summed E-state index contributed by atoms with van der Waals surface area (Å²) in [6.07, 6.45) is 1.39. The molecular formula is C22H29ClN2O4. The van der Waals surface area contributed by atoms with Gasteiger partial charge in [-0.25, -0.2) is 0 Å². The van der Waals surface area contributed by atoms with E-state index >= 15 is 0 Å². The molecule has 2 aromatic rings. The molecule has 1 saturated heterocycles. The lowest BCUT2D eigenvalue weighted by molar-refractivity contribution is -0.126. The smallest absolute Gasteiger partial charge is 0.240 e. The third-order valence-corrected chi connectivity index (χ3v) is 5.05. The summed E-state index contributed by atoms with van der Waals surface area (Å²) in [5.41, 5.74) is 7.57. The molecule has 0 aliphatic carbocycles. The number of halogens is 1. The van der Waals surface area contributed by atoms with Crippen molar-refractivity contribution < 1.29 is 19.0 Å². The number of nitrogens with two attached hydrogens (primary N) is 1. The van der Waals surface area contributed by atoms with Crippen LogP contribution in [0.1, 0.15) is 24.0 Å². The van der Waals surface area contributed by atoms with E-state index < -0.39 is 11.6 Å². The third kappa shape index (κ3) is 6.18. The molecule has 1 aliphatic rings. The molecule has 158 valence electrons. The number of ether oxygens (including phenoxy) is 3. The summed E-state index contributed by atoms with van der Waals surface area (Å²) in [4.78, 5) is 12.5. The first-order chi connectivity index (χ1) is 13.6. The molecule has 1 aliphatic heterocycles. The Balaban J connectivity index is 0.00000300. The van der Waals surface area contributed by atoms with Gasteiger partial charge in [-0.15, -0.1) is 12.4 Å². The molecule has 3 rings (SSSR count). The maximum atomic E-state index is 12.5. The predicted molar refractivity (Wildman–Crippen MR) is 114 cm³/mol. The van der Waals surface area contributed by atoms with Crippen LogP contribution in [0.3, 0.4) is 0 Å². The third-order valence-electron chi connectivity index (χ3n) is 5.05. The molecule has 0 saturated carbocycles. The Hall–Kier alpha value is -2.12. The largest absolute Gasteiger partial charge is 0.489 e. The van der Waals surface area contributed by atoms with Gasteiger partial charge >= 0.3 is 0 Å². The molecule has 1 unspecified atom stereocenters. The SMILES string of the molecule is COCC(N)C(=O)NC1(c2ccc(OCc3ccccc3)cc2)CCOCC1.Cl. The zero-order chi connectivity index (χ0) is 19.8. The Morgan fingerprint density at radius 3 is 2.41 bits per heavy atom. The van der Waals surface area contributed by atoms with E-state index in [1.54, 1.807) is 0 Å². The Kier molecular flexibility index (Phi) is 8.92. The second-order valence-corrected chi connectivity index (χ2v) is 7.04. The van der Waals surface area contributed by atoms with Gasteiger partial charge in [0.05, 0.1) is 12.1 Å². The van der Waals surface area contributed by atoms with Crippen molar-refractivity contribution in [1.82, 2.24) is 5.32 Å². The standard InChI is InChI=1S/C22H28N2O4.ClH/c1-26-16-20(23)21(25)24-22(11-13-27-14-12-22)18-7-9-19(10-8-18)28-15-17-5-3-2-4-6-17;/h2-10,20H,11-16,23H2,1H3,(H,24,25);1H. The highest BCUT2D eigenvalue weighted by Crippen LogP contribution is 2.33. The summed E-state index contributed by atoms with van der Waals surface area (Å²) in [7, 11) is 1.53. The van der Waals surface area contributed by atoms with Gasteiger partial charge in [-0.1, -0.05) is 42.5 Å². The quantitative estimate of drug-likeness (QED) is 0.686. The number of amides is 1. The van der Waals surface area contributed by atoms with Crippen LogP contribution in [0.2, 0.25) is 0 Å². The molecule has 1 heterocycles. The molecule has 7 heteroatoms. The van der Waals surface area contributed by atoms with Gasteiger partial charge in [0.1, 0.15) is 18.4 Å². The van der Waals surface area contributed by atoms with Crippen LogP contribution in [0.25, 0.3) is 0 Å². The van der Waals surface area contributed by atoms with E-state index in [1.807, 2.05) is 54.6 Å². The molecule has 6 nitrogen and oxygen atoms in total. The van der Waals surface area contributed by atoms with E-state index in [1.165, 1.54) is 7.11 Å². The van der Waals surface area contributed by atoms with E-state index in [0.717, 1.165) is 16.9 Å². The first-order valence-electron chi connectivity index (χ1n) is 9.54. The molecule has 0 aromatic heterocycles. The van der Waals surface area contributed by atoms with E-state index in [4.69, 9.17) is 19.9 Å². The Morgan fingerprint density at radius 2 is 1.79 bits per heavy atom. The molecule has 2 aromatic carbocycles. The highest BCUT2D eigenvalue weighted by Gasteiger charge is 2.37. The zero-order valence-corrected chi connectivity index (χ0v) is 17.5. The zero-order valence-electron chi connectivity index (χ0n) is 16.6. The van der Waals surface area contributed by atoms with Crippen molar-refractivity contribution in [3.8, 4) is 5.75 Å². The van der Waals surface area contributed by atoms with Crippen LogP contribution in [-0.4, -0.2) is 38.9 Å². The Bertz CT molecular complexity index is 749. The summed E-state index contributed by atoms with van der Waals surface area (Å²) in [6, 6.07) is 17.2. The molecule has 3 N–H and O–H groups in total. The maximum Gasteiger partial charge on any atom is 0.240 e. The molecular weight excluding hydrogens is 392 g/mol. The molecule has 0 bridgehead atoms. The number of hydrogen-bond acceptors (Lipinski definition) is 5. The topological polar surface area (TPSA) is 82.8 Å². The van der Waals surface area contributed by atoms with Crippen LogP contribution in [0.15, 0.2) is 54.6 Å². The average molecular weight is 421 g/mol. The summed E-state index contributed by atoms with van der Waals surface area (Å²) >= 11 is 0. The lowest BCUT2D eigenvalue weighted by Crippen LogP contribution is -2.55. The first-order valence-corrected chi connectivity index (χ1v) is 9.54. The van der Waals surface area contributed by atoms with Gasteiger partial charge in [0.2, 0.25) is 5.91 Å². The highest BCUT2D eigenvalue weighted by molar-refractivity contribution is 5.85. The molecule has 1 fully saturated rings. The lowest BCUT2D eigenvalue weighted by atomic mass is 9.82. The number of methoxy groups -OCH3 is 1. The summed E-state index contributed by atoms with van der Waals surface area (Å²) in [5, 5.41) is 3.15.